The van der Waals surface area contributed by atoms with Gasteiger partial charge in [0.25, 0.3) is 0 Å². The fourth-order valence-corrected chi connectivity index (χ4v) is 3.53. The highest BCUT2D eigenvalue weighted by molar-refractivity contribution is 5.71. The van der Waals surface area contributed by atoms with Crippen molar-refractivity contribution in [3.63, 3.8) is 0 Å². The smallest absolute Gasteiger partial charge is 0.333 e. The first-order valence-electron chi connectivity index (χ1n) is 6.78. The maximum Gasteiger partial charge on any atom is 0.333 e. The van der Waals surface area contributed by atoms with Gasteiger partial charge < -0.3 is 5.32 Å². The Morgan fingerprint density at radius 2 is 1.44 bits per heavy atom. The monoisotopic (exact) mass is 223 g/mol. The van der Waals surface area contributed by atoms with Gasteiger partial charge in [0.1, 0.15) is 0 Å². The van der Waals surface area contributed by atoms with Crippen LogP contribution in [0.5, 0.6) is 0 Å². The Morgan fingerprint density at radius 1 is 0.875 bits per heavy atom. The van der Waals surface area contributed by atoms with E-state index in [4.69, 9.17) is 5.73 Å². The van der Waals surface area contributed by atoms with Crippen LogP contribution in [-0.4, -0.2) is 12.1 Å². The van der Waals surface area contributed by atoms with E-state index in [-0.39, 0.29) is 6.04 Å². The van der Waals surface area contributed by atoms with Gasteiger partial charge in [-0.25, -0.2) is 10.5 Å². The van der Waals surface area contributed by atoms with E-state index in [1.54, 1.807) is 0 Å². The van der Waals surface area contributed by atoms with Crippen molar-refractivity contribution in [2.45, 2.75) is 63.8 Å². The SMILES string of the molecule is [NH]C(=O)NC1CCC(C2CCCCC2)CC1. The molecule has 0 atom stereocenters. The second kappa shape index (κ2) is 5.55. The standard InChI is InChI=1S/C13H23N2O/c14-13(16)15-12-8-6-11(7-9-12)10-4-2-1-3-5-10/h10-12,14H,1-9H2,(H,15,16). The van der Waals surface area contributed by atoms with Crippen LogP contribution in [-0.2, 0) is 0 Å². The Kier molecular flexibility index (Phi) is 4.08. The molecule has 2 aliphatic carbocycles. The molecule has 0 bridgehead atoms. The summed E-state index contributed by atoms with van der Waals surface area (Å²) in [5.41, 5.74) is 6.91. The van der Waals surface area contributed by atoms with Crippen LogP contribution < -0.4 is 11.1 Å². The van der Waals surface area contributed by atoms with Crippen molar-refractivity contribution in [2.75, 3.05) is 0 Å². The first-order valence-corrected chi connectivity index (χ1v) is 6.78. The largest absolute Gasteiger partial charge is 0.334 e. The van der Waals surface area contributed by atoms with Gasteiger partial charge in [0.05, 0.1) is 0 Å². The Morgan fingerprint density at radius 3 is 2.00 bits per heavy atom. The molecule has 2 N–H and O–H groups in total. The molecule has 2 aliphatic rings. The summed E-state index contributed by atoms with van der Waals surface area (Å²) in [6, 6.07) is -0.328. The lowest BCUT2D eigenvalue weighted by molar-refractivity contribution is 0.176. The molecule has 2 fully saturated rings. The molecule has 2 saturated carbocycles. The van der Waals surface area contributed by atoms with Crippen LogP contribution >= 0.6 is 0 Å². The lowest BCUT2D eigenvalue weighted by atomic mass is 9.72. The molecule has 0 aliphatic heterocycles. The van der Waals surface area contributed by atoms with Crippen molar-refractivity contribution in [3.05, 3.63) is 0 Å². The summed E-state index contributed by atoms with van der Waals surface area (Å²) in [7, 11) is 0. The third-order valence-electron chi connectivity index (χ3n) is 4.42. The molecule has 0 aromatic carbocycles. The van der Waals surface area contributed by atoms with E-state index in [0.29, 0.717) is 0 Å². The minimum absolute atomic E-state index is 0.282. The normalized spacial score (nSPS) is 32.2. The summed E-state index contributed by atoms with van der Waals surface area (Å²) in [6.07, 6.45) is 11.8. The van der Waals surface area contributed by atoms with Gasteiger partial charge in [0.2, 0.25) is 0 Å². The topological polar surface area (TPSA) is 52.9 Å². The van der Waals surface area contributed by atoms with E-state index in [2.05, 4.69) is 5.32 Å². The van der Waals surface area contributed by atoms with Gasteiger partial charge in [-0.05, 0) is 37.5 Å². The summed E-state index contributed by atoms with van der Waals surface area (Å²) in [4.78, 5) is 10.7. The predicted molar refractivity (Wildman–Crippen MR) is 63.9 cm³/mol. The van der Waals surface area contributed by atoms with Gasteiger partial charge in [0, 0.05) is 6.04 Å². The lowest BCUT2D eigenvalue weighted by Gasteiger charge is -2.35. The zero-order valence-corrected chi connectivity index (χ0v) is 10.0. The second-order valence-electron chi connectivity index (χ2n) is 5.48. The Bertz CT molecular complexity index is 228. The molecule has 2 amide bonds. The molecule has 0 spiro atoms. The van der Waals surface area contributed by atoms with Crippen molar-refractivity contribution in [1.82, 2.24) is 11.1 Å². The molecule has 16 heavy (non-hydrogen) atoms. The maximum atomic E-state index is 10.7. The fraction of sp³-hybridized carbons (Fsp3) is 0.923. The molecular formula is C13H23N2O. The average molecular weight is 223 g/mol. The van der Waals surface area contributed by atoms with Crippen molar-refractivity contribution < 1.29 is 4.79 Å². The number of hydrogen-bond donors (Lipinski definition) is 1. The quantitative estimate of drug-likeness (QED) is 0.768. The molecule has 91 valence electrons. The summed E-state index contributed by atoms with van der Waals surface area (Å²) in [5, 5.41) is 2.73. The van der Waals surface area contributed by atoms with Crippen LogP contribution in [0.1, 0.15) is 57.8 Å². The van der Waals surface area contributed by atoms with Gasteiger partial charge in [-0.1, -0.05) is 32.1 Å². The number of nitrogens with one attached hydrogen (secondary N) is 2. The zero-order chi connectivity index (χ0) is 11.4. The predicted octanol–water partition coefficient (Wildman–Crippen LogP) is 3.12. The zero-order valence-electron chi connectivity index (χ0n) is 10.0. The van der Waals surface area contributed by atoms with E-state index in [0.717, 1.165) is 24.7 Å². The van der Waals surface area contributed by atoms with Crippen molar-refractivity contribution >= 4 is 6.03 Å². The fourth-order valence-electron chi connectivity index (χ4n) is 3.53. The molecule has 0 saturated heterocycles. The van der Waals surface area contributed by atoms with Crippen molar-refractivity contribution in [2.24, 2.45) is 11.8 Å². The van der Waals surface area contributed by atoms with Crippen LogP contribution in [0.3, 0.4) is 0 Å². The summed E-state index contributed by atoms with van der Waals surface area (Å²) in [6.45, 7) is 0. The minimum atomic E-state index is -0.610. The molecule has 0 aromatic rings. The van der Waals surface area contributed by atoms with Gasteiger partial charge >= 0.3 is 6.03 Å². The number of amides is 2. The second-order valence-corrected chi connectivity index (χ2v) is 5.48. The van der Waals surface area contributed by atoms with Crippen LogP contribution in [0.25, 0.3) is 0 Å². The highest BCUT2D eigenvalue weighted by Crippen LogP contribution is 2.38. The van der Waals surface area contributed by atoms with Gasteiger partial charge in [-0.2, -0.15) is 0 Å². The number of carbonyl (C=O) groups is 1. The van der Waals surface area contributed by atoms with Crippen LogP contribution in [0.2, 0.25) is 0 Å². The van der Waals surface area contributed by atoms with E-state index in [9.17, 15) is 4.79 Å². The Hall–Kier alpha value is -0.730. The van der Waals surface area contributed by atoms with E-state index in [1.807, 2.05) is 0 Å². The molecule has 1 radical (unpaired) electrons. The number of rotatable bonds is 2. The summed E-state index contributed by atoms with van der Waals surface area (Å²) in [5.74, 6) is 1.86. The lowest BCUT2D eigenvalue weighted by Crippen LogP contribution is -2.38. The first-order chi connectivity index (χ1) is 7.75. The number of carbonyl (C=O) groups excluding carboxylic acids is 1. The molecule has 0 unspecified atom stereocenters. The van der Waals surface area contributed by atoms with Crippen LogP contribution in [0.15, 0.2) is 0 Å². The van der Waals surface area contributed by atoms with Gasteiger partial charge in [0.15, 0.2) is 0 Å². The molecule has 2 rings (SSSR count). The number of urea groups is 1. The van der Waals surface area contributed by atoms with Crippen molar-refractivity contribution in [3.8, 4) is 0 Å². The Balaban J connectivity index is 1.73. The molecule has 0 heterocycles. The van der Waals surface area contributed by atoms with E-state index >= 15 is 0 Å². The average Bonchev–Trinajstić information content (AvgIpc) is 2.30. The van der Waals surface area contributed by atoms with Crippen molar-refractivity contribution in [1.29, 1.82) is 0 Å². The van der Waals surface area contributed by atoms with Crippen LogP contribution in [0, 0.1) is 11.8 Å². The van der Waals surface area contributed by atoms with Gasteiger partial charge in [-0.3, -0.25) is 0 Å². The third-order valence-corrected chi connectivity index (χ3v) is 4.42. The minimum Gasteiger partial charge on any atom is -0.334 e. The highest BCUT2D eigenvalue weighted by Gasteiger charge is 2.28. The first kappa shape index (κ1) is 11.7. The maximum absolute atomic E-state index is 10.7. The van der Waals surface area contributed by atoms with E-state index in [1.165, 1.54) is 44.9 Å². The molecular weight excluding hydrogens is 200 g/mol. The summed E-state index contributed by atoms with van der Waals surface area (Å²) < 4.78 is 0. The third kappa shape index (κ3) is 3.13. The van der Waals surface area contributed by atoms with Gasteiger partial charge in [-0.15, -0.1) is 0 Å². The van der Waals surface area contributed by atoms with Crippen LogP contribution in [0.4, 0.5) is 4.79 Å². The summed E-state index contributed by atoms with van der Waals surface area (Å²) >= 11 is 0. The molecule has 0 aromatic heterocycles. The Labute approximate surface area is 98.2 Å². The molecule has 3 heteroatoms. The highest BCUT2D eigenvalue weighted by atomic mass is 16.2. The molecule has 3 nitrogen and oxygen atoms in total. The number of hydrogen-bond acceptors (Lipinski definition) is 1. The van der Waals surface area contributed by atoms with E-state index < -0.39 is 6.03 Å².